The number of rotatable bonds is 11. The van der Waals surface area contributed by atoms with Gasteiger partial charge in [0.15, 0.2) is 0 Å². The summed E-state index contributed by atoms with van der Waals surface area (Å²) in [6.07, 6.45) is 1.82. The fourth-order valence-electron chi connectivity index (χ4n) is 3.22. The summed E-state index contributed by atoms with van der Waals surface area (Å²) < 4.78 is 0. The van der Waals surface area contributed by atoms with Crippen molar-refractivity contribution in [3.05, 3.63) is 36.0 Å². The Balaban J connectivity index is 2.17. The Hall–Kier alpha value is -3.44. The first-order valence-electron chi connectivity index (χ1n) is 10.2. The Morgan fingerprint density at radius 2 is 1.69 bits per heavy atom. The molecular formula is C21H29N5O6. The molecule has 0 saturated carbocycles. The highest BCUT2D eigenvalue weighted by Crippen LogP contribution is 2.19. The molecule has 0 bridgehead atoms. The zero-order valence-electron chi connectivity index (χ0n) is 17.9. The fourth-order valence-corrected chi connectivity index (χ4v) is 3.22. The van der Waals surface area contributed by atoms with E-state index in [4.69, 9.17) is 5.73 Å². The molecule has 1 heterocycles. The number of aromatic amines is 1. The van der Waals surface area contributed by atoms with Gasteiger partial charge in [0.25, 0.3) is 0 Å². The first kappa shape index (κ1) is 24.8. The molecule has 3 amide bonds. The van der Waals surface area contributed by atoms with E-state index in [-0.39, 0.29) is 13.0 Å². The number of carbonyl (C=O) groups excluding carboxylic acids is 3. The number of aliphatic hydroxyl groups excluding tert-OH is 1. The van der Waals surface area contributed by atoms with Crippen LogP contribution in [0, 0.1) is 5.92 Å². The number of nitrogens with one attached hydrogen (secondary N) is 4. The summed E-state index contributed by atoms with van der Waals surface area (Å²) in [6, 6.07) is 3.76. The van der Waals surface area contributed by atoms with Gasteiger partial charge in [0, 0.05) is 23.5 Å². The van der Waals surface area contributed by atoms with Crippen LogP contribution in [-0.2, 0) is 25.6 Å². The molecule has 0 spiro atoms. The maximum absolute atomic E-state index is 12.9. The lowest BCUT2D eigenvalue weighted by Crippen LogP contribution is -2.58. The van der Waals surface area contributed by atoms with E-state index in [0.29, 0.717) is 0 Å². The predicted molar refractivity (Wildman–Crippen MR) is 116 cm³/mol. The van der Waals surface area contributed by atoms with Crippen LogP contribution in [0.4, 0.5) is 0 Å². The number of aliphatic hydroxyl groups is 1. The number of nitrogens with two attached hydrogens (primary N) is 1. The maximum atomic E-state index is 12.9. The van der Waals surface area contributed by atoms with E-state index >= 15 is 0 Å². The minimum Gasteiger partial charge on any atom is -0.480 e. The molecule has 3 unspecified atom stereocenters. The molecule has 32 heavy (non-hydrogen) atoms. The number of aromatic nitrogens is 1. The van der Waals surface area contributed by atoms with E-state index in [1.807, 2.05) is 24.3 Å². The highest BCUT2D eigenvalue weighted by atomic mass is 16.4. The van der Waals surface area contributed by atoms with E-state index in [1.54, 1.807) is 20.0 Å². The summed E-state index contributed by atoms with van der Waals surface area (Å²) >= 11 is 0. The highest BCUT2D eigenvalue weighted by molar-refractivity contribution is 5.94. The molecule has 11 nitrogen and oxygen atoms in total. The summed E-state index contributed by atoms with van der Waals surface area (Å²) in [5.41, 5.74) is 6.97. The van der Waals surface area contributed by atoms with Gasteiger partial charge >= 0.3 is 5.97 Å². The minimum absolute atomic E-state index is 0.102. The molecule has 1 aromatic carbocycles. The van der Waals surface area contributed by atoms with Gasteiger partial charge in [0.2, 0.25) is 17.7 Å². The van der Waals surface area contributed by atoms with Crippen molar-refractivity contribution in [2.75, 3.05) is 13.2 Å². The van der Waals surface area contributed by atoms with Gasteiger partial charge < -0.3 is 36.9 Å². The van der Waals surface area contributed by atoms with E-state index in [0.717, 1.165) is 16.5 Å². The van der Waals surface area contributed by atoms with E-state index in [1.165, 1.54) is 0 Å². The van der Waals surface area contributed by atoms with Crippen molar-refractivity contribution >= 4 is 34.6 Å². The third-order valence-corrected chi connectivity index (χ3v) is 4.98. The number of carbonyl (C=O) groups is 4. The number of carboxylic acid groups (broad SMARTS) is 1. The second-order valence-electron chi connectivity index (χ2n) is 7.70. The zero-order valence-corrected chi connectivity index (χ0v) is 17.9. The number of hydrogen-bond acceptors (Lipinski definition) is 6. The van der Waals surface area contributed by atoms with Gasteiger partial charge in [0.05, 0.1) is 13.2 Å². The van der Waals surface area contributed by atoms with Crippen molar-refractivity contribution in [1.29, 1.82) is 0 Å². The van der Waals surface area contributed by atoms with Gasteiger partial charge in [-0.05, 0) is 17.5 Å². The first-order chi connectivity index (χ1) is 15.2. The Morgan fingerprint density at radius 1 is 1.03 bits per heavy atom. The van der Waals surface area contributed by atoms with Crippen molar-refractivity contribution in [3.8, 4) is 0 Å². The smallest absolute Gasteiger partial charge is 0.326 e. The van der Waals surface area contributed by atoms with E-state index < -0.39 is 54.3 Å². The molecule has 0 fully saturated rings. The molecule has 0 saturated heterocycles. The van der Waals surface area contributed by atoms with Crippen LogP contribution in [0.3, 0.4) is 0 Å². The Labute approximate surface area is 184 Å². The Kier molecular flexibility index (Phi) is 8.73. The minimum atomic E-state index is -1.40. The van der Waals surface area contributed by atoms with E-state index in [2.05, 4.69) is 20.9 Å². The van der Waals surface area contributed by atoms with Crippen molar-refractivity contribution in [2.45, 2.75) is 38.4 Å². The van der Waals surface area contributed by atoms with Crippen LogP contribution in [0.2, 0.25) is 0 Å². The quantitative estimate of drug-likeness (QED) is 0.227. The van der Waals surface area contributed by atoms with Gasteiger partial charge in [-0.15, -0.1) is 0 Å². The molecule has 0 aliphatic rings. The largest absolute Gasteiger partial charge is 0.480 e. The zero-order chi connectivity index (χ0) is 23.8. The molecule has 11 heteroatoms. The van der Waals surface area contributed by atoms with Gasteiger partial charge in [0.1, 0.15) is 18.1 Å². The summed E-state index contributed by atoms with van der Waals surface area (Å²) in [4.78, 5) is 51.7. The number of H-pyrrole nitrogens is 1. The molecule has 0 radical (unpaired) electrons. The maximum Gasteiger partial charge on any atom is 0.326 e. The number of aliphatic carboxylic acids is 1. The summed E-state index contributed by atoms with van der Waals surface area (Å²) in [7, 11) is 0. The van der Waals surface area contributed by atoms with Crippen molar-refractivity contribution in [2.24, 2.45) is 11.7 Å². The SMILES string of the molecule is CC(C)C(NC(=O)C(CO)NC(=O)C(Cc1c[nH]c2ccccc12)NC(=O)CN)C(=O)O. The van der Waals surface area contributed by atoms with Crippen LogP contribution in [0.1, 0.15) is 19.4 Å². The van der Waals surface area contributed by atoms with Gasteiger partial charge in [-0.3, -0.25) is 14.4 Å². The van der Waals surface area contributed by atoms with Crippen LogP contribution in [0.5, 0.6) is 0 Å². The lowest BCUT2D eigenvalue weighted by atomic mass is 10.0. The number of carboxylic acids is 1. The van der Waals surface area contributed by atoms with Crippen LogP contribution < -0.4 is 21.7 Å². The number of fused-ring (bicyclic) bond motifs is 1. The van der Waals surface area contributed by atoms with Crippen molar-refractivity contribution in [1.82, 2.24) is 20.9 Å². The highest BCUT2D eigenvalue weighted by Gasteiger charge is 2.30. The molecule has 0 aliphatic carbocycles. The van der Waals surface area contributed by atoms with Gasteiger partial charge in [-0.1, -0.05) is 32.0 Å². The molecule has 2 rings (SSSR count). The normalized spacial score (nSPS) is 13.9. The molecule has 8 N–H and O–H groups in total. The Bertz CT molecular complexity index is 972. The third-order valence-electron chi connectivity index (χ3n) is 4.98. The predicted octanol–water partition coefficient (Wildman–Crippen LogP) is -1.14. The first-order valence-corrected chi connectivity index (χ1v) is 10.2. The van der Waals surface area contributed by atoms with Crippen LogP contribution in [0.15, 0.2) is 30.5 Å². The van der Waals surface area contributed by atoms with E-state index in [9.17, 15) is 29.4 Å². The van der Waals surface area contributed by atoms with Crippen molar-refractivity contribution < 1.29 is 29.4 Å². The van der Waals surface area contributed by atoms with Crippen LogP contribution >= 0.6 is 0 Å². The third kappa shape index (κ3) is 6.28. The van der Waals surface area contributed by atoms with Crippen molar-refractivity contribution in [3.63, 3.8) is 0 Å². The topological polar surface area (TPSA) is 187 Å². The summed E-state index contributed by atoms with van der Waals surface area (Å²) in [5, 5.41) is 26.9. The second kappa shape index (κ2) is 11.3. The van der Waals surface area contributed by atoms with Crippen LogP contribution in [-0.4, -0.2) is 70.2 Å². The molecular weight excluding hydrogens is 418 g/mol. The Morgan fingerprint density at radius 3 is 2.28 bits per heavy atom. The number of para-hydroxylation sites is 1. The molecule has 0 aliphatic heterocycles. The average molecular weight is 447 g/mol. The standard InChI is InChI=1S/C21H29N5O6/c1-11(2)18(21(31)32)26-20(30)16(10-27)25-19(29)15(24-17(28)8-22)7-12-9-23-14-6-4-3-5-13(12)14/h3-6,9,11,15-16,18,23,27H,7-8,10,22H2,1-2H3,(H,24,28)(H,25,29)(H,26,30)(H,31,32). The monoisotopic (exact) mass is 447 g/mol. The van der Waals surface area contributed by atoms with Crippen LogP contribution in [0.25, 0.3) is 10.9 Å². The molecule has 2 aromatic rings. The molecule has 1 aromatic heterocycles. The average Bonchev–Trinajstić information content (AvgIpc) is 3.17. The summed E-state index contributed by atoms with van der Waals surface area (Å²) in [6.45, 7) is 2.14. The molecule has 174 valence electrons. The van der Waals surface area contributed by atoms with Gasteiger partial charge in [-0.25, -0.2) is 4.79 Å². The molecule has 3 atom stereocenters. The number of benzene rings is 1. The number of amides is 3. The van der Waals surface area contributed by atoms with Gasteiger partial charge in [-0.2, -0.15) is 0 Å². The second-order valence-corrected chi connectivity index (χ2v) is 7.70. The lowest BCUT2D eigenvalue weighted by molar-refractivity contribution is -0.143. The number of hydrogen-bond donors (Lipinski definition) is 7. The fraction of sp³-hybridized carbons (Fsp3) is 0.429. The lowest BCUT2D eigenvalue weighted by Gasteiger charge is -2.24. The summed E-state index contributed by atoms with van der Waals surface area (Å²) in [5.74, 6) is -3.78.